The van der Waals surface area contributed by atoms with Gasteiger partial charge in [-0.25, -0.2) is 4.98 Å². The lowest BCUT2D eigenvalue weighted by molar-refractivity contribution is -0.115. The maximum Gasteiger partial charge on any atom is 0.229 e. The first-order chi connectivity index (χ1) is 14.2. The van der Waals surface area contributed by atoms with Crippen LogP contribution in [0.5, 0.6) is 5.75 Å². The van der Waals surface area contributed by atoms with E-state index in [1.54, 1.807) is 18.4 Å². The maximum atomic E-state index is 12.1. The summed E-state index contributed by atoms with van der Waals surface area (Å²) >= 11 is 3.12. The summed E-state index contributed by atoms with van der Waals surface area (Å²) in [6.07, 6.45) is 0.394. The van der Waals surface area contributed by atoms with E-state index in [9.17, 15) is 4.79 Å². The average molecular weight is 422 g/mol. The SMILES string of the molecule is COc1cccc(Nc2nc(-c3ccc(NC(=O)Cc4cccs4)cc3)cs2)c1. The summed E-state index contributed by atoms with van der Waals surface area (Å²) in [5, 5.41) is 11.0. The molecular formula is C22H19N3O2S2. The number of nitrogens with one attached hydrogen (secondary N) is 2. The lowest BCUT2D eigenvalue weighted by Crippen LogP contribution is -2.13. The lowest BCUT2D eigenvalue weighted by atomic mass is 10.1. The molecule has 29 heavy (non-hydrogen) atoms. The Hall–Kier alpha value is -3.16. The zero-order valence-corrected chi connectivity index (χ0v) is 17.3. The predicted molar refractivity (Wildman–Crippen MR) is 120 cm³/mol. The number of thiophene rings is 1. The minimum absolute atomic E-state index is 0.0152. The Morgan fingerprint density at radius 3 is 2.66 bits per heavy atom. The predicted octanol–water partition coefficient (Wildman–Crippen LogP) is 5.81. The normalized spacial score (nSPS) is 10.5. The fourth-order valence-electron chi connectivity index (χ4n) is 2.79. The highest BCUT2D eigenvalue weighted by Gasteiger charge is 2.08. The summed E-state index contributed by atoms with van der Waals surface area (Å²) in [7, 11) is 1.65. The number of ether oxygens (including phenoxy) is 1. The van der Waals surface area contributed by atoms with Crippen molar-refractivity contribution in [1.29, 1.82) is 0 Å². The number of carbonyl (C=O) groups excluding carboxylic acids is 1. The van der Waals surface area contributed by atoms with Gasteiger partial charge in [-0.3, -0.25) is 4.79 Å². The molecule has 0 bridgehead atoms. The molecule has 0 fully saturated rings. The fraction of sp³-hybridized carbons (Fsp3) is 0.0909. The van der Waals surface area contributed by atoms with Gasteiger partial charge in [0.05, 0.1) is 19.2 Å². The zero-order chi connectivity index (χ0) is 20.1. The summed E-state index contributed by atoms with van der Waals surface area (Å²) in [6.45, 7) is 0. The Bertz CT molecular complexity index is 1090. The van der Waals surface area contributed by atoms with Crippen molar-refractivity contribution in [3.63, 3.8) is 0 Å². The number of amides is 1. The number of benzene rings is 2. The van der Waals surface area contributed by atoms with Crippen molar-refractivity contribution in [1.82, 2.24) is 4.98 Å². The van der Waals surface area contributed by atoms with Crippen LogP contribution in [0.1, 0.15) is 4.88 Å². The largest absolute Gasteiger partial charge is 0.497 e. The van der Waals surface area contributed by atoms with E-state index in [4.69, 9.17) is 4.74 Å². The van der Waals surface area contributed by atoms with Crippen LogP contribution in [0, 0.1) is 0 Å². The molecular weight excluding hydrogens is 402 g/mol. The Kier molecular flexibility index (Phi) is 5.88. The first kappa shape index (κ1) is 19.2. The maximum absolute atomic E-state index is 12.1. The smallest absolute Gasteiger partial charge is 0.229 e. The highest BCUT2D eigenvalue weighted by Crippen LogP contribution is 2.29. The van der Waals surface area contributed by atoms with Crippen molar-refractivity contribution in [3.8, 4) is 17.0 Å². The van der Waals surface area contributed by atoms with Gasteiger partial charge in [-0.2, -0.15) is 0 Å². The number of nitrogens with zero attached hydrogens (tertiary/aromatic N) is 1. The third-order valence-electron chi connectivity index (χ3n) is 4.20. The molecule has 0 saturated heterocycles. The third-order valence-corrected chi connectivity index (χ3v) is 5.84. The van der Waals surface area contributed by atoms with Crippen molar-refractivity contribution in [2.45, 2.75) is 6.42 Å². The Labute approximate surface area is 177 Å². The zero-order valence-electron chi connectivity index (χ0n) is 15.7. The van der Waals surface area contributed by atoms with Crippen LogP contribution in [0.3, 0.4) is 0 Å². The van der Waals surface area contributed by atoms with Crippen LogP contribution in [0.2, 0.25) is 0 Å². The van der Waals surface area contributed by atoms with E-state index in [0.29, 0.717) is 6.42 Å². The molecule has 2 aromatic carbocycles. The molecule has 0 unspecified atom stereocenters. The second-order valence-corrected chi connectivity index (χ2v) is 8.17. The molecule has 0 radical (unpaired) electrons. The Balaban J connectivity index is 1.39. The number of hydrogen-bond donors (Lipinski definition) is 2. The average Bonchev–Trinajstić information content (AvgIpc) is 3.41. The van der Waals surface area contributed by atoms with Crippen LogP contribution in [0.15, 0.2) is 71.4 Å². The Morgan fingerprint density at radius 2 is 1.90 bits per heavy atom. The monoisotopic (exact) mass is 421 g/mol. The summed E-state index contributed by atoms with van der Waals surface area (Å²) < 4.78 is 5.25. The molecule has 4 rings (SSSR count). The minimum atomic E-state index is -0.0152. The van der Waals surface area contributed by atoms with Gasteiger partial charge in [-0.15, -0.1) is 22.7 Å². The van der Waals surface area contributed by atoms with E-state index >= 15 is 0 Å². The van der Waals surface area contributed by atoms with Gasteiger partial charge in [-0.1, -0.05) is 24.3 Å². The second-order valence-electron chi connectivity index (χ2n) is 6.28. The molecule has 0 aliphatic heterocycles. The van der Waals surface area contributed by atoms with E-state index in [0.717, 1.165) is 38.4 Å². The van der Waals surface area contributed by atoms with E-state index in [-0.39, 0.29) is 5.91 Å². The topological polar surface area (TPSA) is 63.2 Å². The summed E-state index contributed by atoms with van der Waals surface area (Å²) in [5.41, 5.74) is 3.59. The van der Waals surface area contributed by atoms with Gasteiger partial charge in [0.1, 0.15) is 5.75 Å². The van der Waals surface area contributed by atoms with Crippen LogP contribution in [0.4, 0.5) is 16.5 Å². The summed E-state index contributed by atoms with van der Waals surface area (Å²) in [5.74, 6) is 0.780. The van der Waals surface area contributed by atoms with Crippen molar-refractivity contribution >= 4 is 45.1 Å². The molecule has 0 atom stereocenters. The molecule has 146 valence electrons. The molecule has 0 saturated carbocycles. The van der Waals surface area contributed by atoms with Crippen LogP contribution < -0.4 is 15.4 Å². The highest BCUT2D eigenvalue weighted by atomic mass is 32.1. The number of carbonyl (C=O) groups is 1. The molecule has 2 aromatic heterocycles. The molecule has 0 aliphatic rings. The molecule has 2 N–H and O–H groups in total. The number of thiazole rings is 1. The van der Waals surface area contributed by atoms with Crippen molar-refractivity contribution < 1.29 is 9.53 Å². The molecule has 0 aliphatic carbocycles. The second kappa shape index (κ2) is 8.89. The highest BCUT2D eigenvalue weighted by molar-refractivity contribution is 7.14. The lowest BCUT2D eigenvalue weighted by Gasteiger charge is -2.06. The fourth-order valence-corrected chi connectivity index (χ4v) is 4.23. The molecule has 5 nitrogen and oxygen atoms in total. The van der Waals surface area contributed by atoms with Gasteiger partial charge in [0.25, 0.3) is 0 Å². The van der Waals surface area contributed by atoms with Crippen LogP contribution in [-0.4, -0.2) is 18.0 Å². The van der Waals surface area contributed by atoms with E-state index in [1.165, 1.54) is 11.3 Å². The first-order valence-corrected chi connectivity index (χ1v) is 10.7. The number of anilines is 3. The van der Waals surface area contributed by atoms with Gasteiger partial charge in [0.2, 0.25) is 5.91 Å². The van der Waals surface area contributed by atoms with E-state index in [1.807, 2.05) is 71.4 Å². The number of methoxy groups -OCH3 is 1. The van der Waals surface area contributed by atoms with Crippen LogP contribution >= 0.6 is 22.7 Å². The van der Waals surface area contributed by atoms with Crippen LogP contribution in [-0.2, 0) is 11.2 Å². The molecule has 7 heteroatoms. The van der Waals surface area contributed by atoms with E-state index < -0.39 is 0 Å². The number of hydrogen-bond acceptors (Lipinski definition) is 6. The number of rotatable bonds is 7. The van der Waals surface area contributed by atoms with Gasteiger partial charge in [-0.05, 0) is 35.7 Å². The quantitative estimate of drug-likeness (QED) is 0.396. The summed E-state index contributed by atoms with van der Waals surface area (Å²) in [4.78, 5) is 17.8. The van der Waals surface area contributed by atoms with Gasteiger partial charge < -0.3 is 15.4 Å². The third kappa shape index (κ3) is 5.01. The van der Waals surface area contributed by atoms with Crippen molar-refractivity contribution in [2.24, 2.45) is 0 Å². The van der Waals surface area contributed by atoms with Gasteiger partial charge in [0, 0.05) is 33.3 Å². The standard InChI is InChI=1S/C22H19N3O2S2/c1-27-18-5-2-4-17(12-18)24-22-25-20(14-29-22)15-7-9-16(10-8-15)23-21(26)13-19-6-3-11-28-19/h2-12,14H,13H2,1H3,(H,23,26)(H,24,25). The van der Waals surface area contributed by atoms with E-state index in [2.05, 4.69) is 15.6 Å². The minimum Gasteiger partial charge on any atom is -0.497 e. The van der Waals surface area contributed by atoms with Gasteiger partial charge in [0.15, 0.2) is 5.13 Å². The Morgan fingerprint density at radius 1 is 1.03 bits per heavy atom. The molecule has 4 aromatic rings. The molecule has 0 spiro atoms. The van der Waals surface area contributed by atoms with Crippen molar-refractivity contribution in [2.75, 3.05) is 17.7 Å². The van der Waals surface area contributed by atoms with Crippen LogP contribution in [0.25, 0.3) is 11.3 Å². The molecule has 2 heterocycles. The summed E-state index contributed by atoms with van der Waals surface area (Å²) in [6, 6.07) is 19.4. The van der Waals surface area contributed by atoms with Crippen molar-refractivity contribution in [3.05, 3.63) is 76.3 Å². The van der Waals surface area contributed by atoms with Gasteiger partial charge >= 0.3 is 0 Å². The molecule has 1 amide bonds. The number of aromatic nitrogens is 1. The first-order valence-electron chi connectivity index (χ1n) is 8.99.